The number of hydrogen-bond donors (Lipinski definition) is 0. The number of methoxy groups -OCH3 is 4. The van der Waals surface area contributed by atoms with Gasteiger partial charge in [0.1, 0.15) is 17.2 Å². The zero-order valence-corrected chi connectivity index (χ0v) is 19.0. The third-order valence-electron chi connectivity index (χ3n) is 4.11. The van der Waals surface area contributed by atoms with Gasteiger partial charge < -0.3 is 18.9 Å². The monoisotopic (exact) mass is 469 g/mol. The summed E-state index contributed by atoms with van der Waals surface area (Å²) in [6.45, 7) is 1.20. The highest BCUT2D eigenvalue weighted by Crippen LogP contribution is 2.38. The van der Waals surface area contributed by atoms with Crippen molar-refractivity contribution in [1.82, 2.24) is 0 Å². The molecule has 0 aromatic heterocycles. The molecule has 0 aliphatic carbocycles. The van der Waals surface area contributed by atoms with E-state index in [0.717, 1.165) is 4.42 Å². The SMILES string of the molecule is COc1cc(OC)cc(N(Cl)C(=O)C(N=Nc2cc(OC)c(OC)cc2Cl)C(C)=O)c1. The first-order valence-corrected chi connectivity index (χ1v) is 9.52. The molecule has 0 radical (unpaired) electrons. The number of anilines is 1. The van der Waals surface area contributed by atoms with Crippen LogP contribution in [0.1, 0.15) is 6.92 Å². The predicted molar refractivity (Wildman–Crippen MR) is 116 cm³/mol. The number of ether oxygens (including phenoxy) is 4. The van der Waals surface area contributed by atoms with Gasteiger partial charge in [-0.1, -0.05) is 11.6 Å². The van der Waals surface area contributed by atoms with Crippen molar-refractivity contribution in [1.29, 1.82) is 0 Å². The Morgan fingerprint density at radius 1 is 0.903 bits per heavy atom. The average Bonchev–Trinajstić information content (AvgIpc) is 2.78. The predicted octanol–water partition coefficient (Wildman–Crippen LogP) is 4.60. The van der Waals surface area contributed by atoms with Crippen molar-refractivity contribution >= 4 is 46.4 Å². The van der Waals surface area contributed by atoms with E-state index in [1.54, 1.807) is 6.07 Å². The molecule has 0 saturated heterocycles. The van der Waals surface area contributed by atoms with Crippen LogP contribution in [-0.2, 0) is 9.59 Å². The van der Waals surface area contributed by atoms with Crippen LogP contribution in [0.15, 0.2) is 40.6 Å². The smallest absolute Gasteiger partial charge is 0.276 e. The van der Waals surface area contributed by atoms with E-state index in [1.165, 1.54) is 59.6 Å². The fraction of sp³-hybridized carbons (Fsp3) is 0.300. The Hall–Kier alpha value is -3.04. The number of rotatable bonds is 9. The zero-order valence-electron chi connectivity index (χ0n) is 17.5. The summed E-state index contributed by atoms with van der Waals surface area (Å²) in [6, 6.07) is 6.08. The maximum Gasteiger partial charge on any atom is 0.276 e. The van der Waals surface area contributed by atoms with Crippen LogP contribution < -0.4 is 23.4 Å². The minimum atomic E-state index is -1.50. The summed E-state index contributed by atoms with van der Waals surface area (Å²) in [5, 5.41) is 8.02. The minimum absolute atomic E-state index is 0.183. The summed E-state index contributed by atoms with van der Waals surface area (Å²) in [6.07, 6.45) is 0. The van der Waals surface area contributed by atoms with Crippen molar-refractivity contribution in [3.05, 3.63) is 35.4 Å². The van der Waals surface area contributed by atoms with Gasteiger partial charge in [0.15, 0.2) is 17.3 Å². The van der Waals surface area contributed by atoms with Crippen molar-refractivity contribution in [3.8, 4) is 23.0 Å². The van der Waals surface area contributed by atoms with Gasteiger partial charge in [-0.3, -0.25) is 9.59 Å². The fourth-order valence-corrected chi connectivity index (χ4v) is 2.87. The first kappa shape index (κ1) is 24.2. The summed E-state index contributed by atoms with van der Waals surface area (Å²) < 4.78 is 21.5. The average molecular weight is 470 g/mol. The number of benzene rings is 2. The molecule has 1 unspecified atom stereocenters. The normalized spacial score (nSPS) is 11.7. The number of halogens is 2. The molecule has 0 heterocycles. The van der Waals surface area contributed by atoms with Crippen LogP contribution in [-0.4, -0.2) is 46.2 Å². The van der Waals surface area contributed by atoms with E-state index >= 15 is 0 Å². The minimum Gasteiger partial charge on any atom is -0.497 e. The number of nitrogens with zero attached hydrogens (tertiary/aromatic N) is 3. The Balaban J connectivity index is 2.36. The number of ketones is 1. The van der Waals surface area contributed by atoms with Gasteiger partial charge in [0, 0.05) is 42.1 Å². The Morgan fingerprint density at radius 3 is 1.94 bits per heavy atom. The molecule has 166 valence electrons. The molecule has 1 amide bonds. The highest BCUT2D eigenvalue weighted by molar-refractivity contribution is 6.39. The van der Waals surface area contributed by atoms with Crippen LogP contribution in [0, 0.1) is 0 Å². The van der Waals surface area contributed by atoms with Gasteiger partial charge in [0.25, 0.3) is 5.91 Å². The number of carbonyl (C=O) groups is 2. The molecule has 1 atom stereocenters. The highest BCUT2D eigenvalue weighted by Gasteiger charge is 2.29. The van der Waals surface area contributed by atoms with Gasteiger partial charge in [-0.2, -0.15) is 10.2 Å². The second-order valence-corrected chi connectivity index (χ2v) is 6.82. The highest BCUT2D eigenvalue weighted by atomic mass is 35.5. The van der Waals surface area contributed by atoms with Crippen molar-refractivity contribution in [2.24, 2.45) is 10.2 Å². The number of amides is 1. The molecule has 0 bridgehead atoms. The Kier molecular flexibility index (Phi) is 8.47. The van der Waals surface area contributed by atoms with Crippen molar-refractivity contribution in [2.45, 2.75) is 13.0 Å². The largest absolute Gasteiger partial charge is 0.497 e. The lowest BCUT2D eigenvalue weighted by Gasteiger charge is -2.18. The van der Waals surface area contributed by atoms with Crippen molar-refractivity contribution < 1.29 is 28.5 Å². The molecule has 9 nitrogen and oxygen atoms in total. The number of azo groups is 1. The number of Topliss-reactive ketones (excluding diaryl/α,β-unsaturated/α-hetero) is 1. The molecule has 0 fully saturated rings. The molecule has 31 heavy (non-hydrogen) atoms. The van der Waals surface area contributed by atoms with E-state index < -0.39 is 17.7 Å². The maximum absolute atomic E-state index is 12.9. The van der Waals surface area contributed by atoms with E-state index in [1.807, 2.05) is 0 Å². The van der Waals surface area contributed by atoms with Crippen molar-refractivity contribution in [2.75, 3.05) is 32.9 Å². The van der Waals surface area contributed by atoms with Crippen LogP contribution >= 0.6 is 23.4 Å². The number of hydrogen-bond acceptors (Lipinski definition) is 8. The molecular formula is C20H21Cl2N3O6. The summed E-state index contributed by atoms with van der Waals surface area (Å²) in [4.78, 5) is 25.0. The van der Waals surface area contributed by atoms with Gasteiger partial charge in [0.2, 0.25) is 6.04 Å². The van der Waals surface area contributed by atoms with Crippen LogP contribution in [0.3, 0.4) is 0 Å². The summed E-state index contributed by atoms with van der Waals surface area (Å²) >= 11 is 12.4. The molecule has 11 heteroatoms. The first-order valence-electron chi connectivity index (χ1n) is 8.81. The quantitative estimate of drug-likeness (QED) is 0.302. The van der Waals surface area contributed by atoms with Gasteiger partial charge in [-0.15, -0.1) is 0 Å². The Morgan fingerprint density at radius 2 is 1.45 bits per heavy atom. The standard InChI is InChI=1S/C20H21Cl2N3O6/c1-11(26)19(24-23-16-10-18(31-5)17(30-4)9-15(16)21)20(27)25(22)12-6-13(28-2)8-14(7-12)29-3/h6-10,19H,1-5H3. The Labute approximate surface area is 189 Å². The van der Waals surface area contributed by atoms with Crippen LogP contribution in [0.4, 0.5) is 11.4 Å². The fourth-order valence-electron chi connectivity index (χ4n) is 2.48. The third kappa shape index (κ3) is 5.77. The van der Waals surface area contributed by atoms with E-state index in [-0.39, 0.29) is 16.4 Å². The molecule has 2 aromatic carbocycles. The lowest BCUT2D eigenvalue weighted by atomic mass is 10.2. The third-order valence-corrected chi connectivity index (χ3v) is 4.77. The van der Waals surface area contributed by atoms with E-state index in [9.17, 15) is 9.59 Å². The summed E-state index contributed by atoms with van der Waals surface area (Å²) in [7, 11) is 5.82. The lowest BCUT2D eigenvalue weighted by molar-refractivity contribution is -0.126. The van der Waals surface area contributed by atoms with E-state index in [4.69, 9.17) is 42.3 Å². The van der Waals surface area contributed by atoms with Crippen LogP contribution in [0.25, 0.3) is 0 Å². The lowest BCUT2D eigenvalue weighted by Crippen LogP contribution is -2.36. The maximum atomic E-state index is 12.9. The zero-order chi connectivity index (χ0) is 23.1. The van der Waals surface area contributed by atoms with Gasteiger partial charge in [0.05, 0.1) is 39.1 Å². The molecular weight excluding hydrogens is 449 g/mol. The molecule has 0 saturated carbocycles. The van der Waals surface area contributed by atoms with Crippen LogP contribution in [0.2, 0.25) is 5.02 Å². The van der Waals surface area contributed by atoms with Gasteiger partial charge in [-0.05, 0) is 6.92 Å². The van der Waals surface area contributed by atoms with Crippen molar-refractivity contribution in [3.63, 3.8) is 0 Å². The summed E-state index contributed by atoms with van der Waals surface area (Å²) in [5.41, 5.74) is 0.413. The Bertz CT molecular complexity index is 977. The molecule has 2 aromatic rings. The molecule has 0 N–H and O–H groups in total. The molecule has 0 aliphatic rings. The van der Waals surface area contributed by atoms with Gasteiger partial charge >= 0.3 is 0 Å². The van der Waals surface area contributed by atoms with Crippen LogP contribution in [0.5, 0.6) is 23.0 Å². The summed E-state index contributed by atoms with van der Waals surface area (Å²) in [5.74, 6) is 0.186. The molecule has 0 spiro atoms. The van der Waals surface area contributed by atoms with E-state index in [2.05, 4.69) is 10.2 Å². The molecule has 0 aliphatic heterocycles. The second kappa shape index (κ2) is 10.8. The topological polar surface area (TPSA) is 99.0 Å². The molecule has 2 rings (SSSR count). The first-order chi connectivity index (χ1) is 14.7. The van der Waals surface area contributed by atoms with Gasteiger partial charge in [-0.25, -0.2) is 4.42 Å². The second-order valence-electron chi connectivity index (χ2n) is 6.08. The van der Waals surface area contributed by atoms with E-state index in [0.29, 0.717) is 23.0 Å². The number of carbonyl (C=O) groups excluding carboxylic acids is 2.